The van der Waals surface area contributed by atoms with E-state index in [1.165, 1.54) is 0 Å². The van der Waals surface area contributed by atoms with E-state index in [9.17, 15) is 14.4 Å². The zero-order valence-electron chi connectivity index (χ0n) is 17.9. The molecule has 3 amide bonds. The van der Waals surface area contributed by atoms with Crippen LogP contribution in [0, 0.1) is 0 Å². The lowest BCUT2D eigenvalue weighted by Crippen LogP contribution is -2.35. The highest BCUT2D eigenvalue weighted by molar-refractivity contribution is 5.96. The van der Waals surface area contributed by atoms with Gasteiger partial charge in [0.1, 0.15) is 5.75 Å². The summed E-state index contributed by atoms with van der Waals surface area (Å²) in [6.45, 7) is 3.19. The number of ether oxygens (including phenoxy) is 1. The maximum absolute atomic E-state index is 12.5. The number of hydrogen-bond acceptors (Lipinski definition) is 4. The summed E-state index contributed by atoms with van der Waals surface area (Å²) in [5.41, 5.74) is 1.83. The smallest absolute Gasteiger partial charge is 0.321 e. The van der Waals surface area contributed by atoms with Crippen LogP contribution < -0.4 is 15.4 Å². The molecule has 1 fully saturated rings. The number of carbonyl (C=O) groups excluding carboxylic acids is 3. The molecule has 7 nitrogen and oxygen atoms in total. The Balaban J connectivity index is 1.50. The van der Waals surface area contributed by atoms with Crippen LogP contribution in [0.15, 0.2) is 48.5 Å². The van der Waals surface area contributed by atoms with Gasteiger partial charge in [0.05, 0.1) is 0 Å². The molecule has 1 saturated heterocycles. The average Bonchev–Trinajstić information content (AvgIpc) is 3.07. The van der Waals surface area contributed by atoms with Crippen molar-refractivity contribution < 1.29 is 19.1 Å². The number of ketones is 1. The molecule has 0 radical (unpaired) electrons. The number of benzene rings is 2. The van der Waals surface area contributed by atoms with Crippen molar-refractivity contribution in [3.63, 3.8) is 0 Å². The van der Waals surface area contributed by atoms with Crippen molar-refractivity contribution in [2.75, 3.05) is 30.3 Å². The van der Waals surface area contributed by atoms with Crippen LogP contribution in [0.4, 0.5) is 16.2 Å². The Hall–Kier alpha value is -3.35. The third-order valence-electron chi connectivity index (χ3n) is 5.16. The van der Waals surface area contributed by atoms with E-state index in [4.69, 9.17) is 4.74 Å². The Morgan fingerprint density at radius 3 is 2.19 bits per heavy atom. The van der Waals surface area contributed by atoms with Gasteiger partial charge in [0.15, 0.2) is 12.4 Å². The van der Waals surface area contributed by atoms with Crippen LogP contribution in [0.2, 0.25) is 0 Å². The summed E-state index contributed by atoms with van der Waals surface area (Å²) in [4.78, 5) is 38.2. The van der Waals surface area contributed by atoms with Crippen molar-refractivity contribution in [3.8, 4) is 5.75 Å². The molecule has 0 atom stereocenters. The summed E-state index contributed by atoms with van der Waals surface area (Å²) in [7, 11) is 0. The minimum absolute atomic E-state index is 0.0621. The molecule has 164 valence electrons. The summed E-state index contributed by atoms with van der Waals surface area (Å²) >= 11 is 0. The number of amides is 3. The molecular formula is C24H29N3O4. The first-order valence-electron chi connectivity index (χ1n) is 10.8. The highest BCUT2D eigenvalue weighted by Crippen LogP contribution is 2.18. The third-order valence-corrected chi connectivity index (χ3v) is 5.16. The van der Waals surface area contributed by atoms with Crippen molar-refractivity contribution in [2.24, 2.45) is 0 Å². The fraction of sp³-hybridized carbons (Fsp3) is 0.375. The van der Waals surface area contributed by atoms with Gasteiger partial charge in [-0.05, 0) is 55.3 Å². The second-order valence-electron chi connectivity index (χ2n) is 7.55. The fourth-order valence-corrected chi connectivity index (χ4v) is 3.44. The fourth-order valence-electron chi connectivity index (χ4n) is 3.44. The number of Topliss-reactive ketones (excluding diaryl/α,β-unsaturated/α-hetero) is 1. The number of nitrogens with zero attached hydrogens (tertiary/aromatic N) is 1. The van der Waals surface area contributed by atoms with Crippen molar-refractivity contribution in [1.29, 1.82) is 0 Å². The second kappa shape index (κ2) is 11.2. The van der Waals surface area contributed by atoms with Gasteiger partial charge in [0.2, 0.25) is 0 Å². The van der Waals surface area contributed by atoms with Crippen LogP contribution in [-0.4, -0.2) is 42.3 Å². The van der Waals surface area contributed by atoms with E-state index in [0.29, 0.717) is 29.1 Å². The number of anilines is 2. The average molecular weight is 424 g/mol. The molecule has 0 saturated carbocycles. The lowest BCUT2D eigenvalue weighted by molar-refractivity contribution is -0.118. The molecular weight excluding hydrogens is 394 g/mol. The van der Waals surface area contributed by atoms with Gasteiger partial charge >= 0.3 is 6.03 Å². The van der Waals surface area contributed by atoms with E-state index >= 15 is 0 Å². The van der Waals surface area contributed by atoms with Gasteiger partial charge in [0, 0.05) is 36.4 Å². The van der Waals surface area contributed by atoms with Gasteiger partial charge in [-0.2, -0.15) is 0 Å². The third kappa shape index (κ3) is 6.84. The number of rotatable bonds is 7. The van der Waals surface area contributed by atoms with Crippen molar-refractivity contribution in [3.05, 3.63) is 54.1 Å². The van der Waals surface area contributed by atoms with Gasteiger partial charge in [-0.15, -0.1) is 0 Å². The largest absolute Gasteiger partial charge is 0.484 e. The number of hydrogen-bond donors (Lipinski definition) is 2. The molecule has 2 N–H and O–H groups in total. The van der Waals surface area contributed by atoms with Crippen LogP contribution in [0.3, 0.4) is 0 Å². The van der Waals surface area contributed by atoms with Gasteiger partial charge < -0.3 is 20.3 Å². The Morgan fingerprint density at radius 1 is 0.903 bits per heavy atom. The van der Waals surface area contributed by atoms with E-state index in [1.54, 1.807) is 48.5 Å². The molecule has 31 heavy (non-hydrogen) atoms. The highest BCUT2D eigenvalue weighted by Gasteiger charge is 2.15. The summed E-state index contributed by atoms with van der Waals surface area (Å²) in [5, 5.41) is 5.68. The van der Waals surface area contributed by atoms with Crippen LogP contribution in [0.5, 0.6) is 5.75 Å². The minimum atomic E-state index is -0.315. The molecule has 0 bridgehead atoms. The Morgan fingerprint density at radius 2 is 1.55 bits per heavy atom. The molecule has 0 aliphatic carbocycles. The summed E-state index contributed by atoms with van der Waals surface area (Å²) < 4.78 is 5.49. The molecule has 1 heterocycles. The van der Waals surface area contributed by atoms with Gasteiger partial charge in [-0.1, -0.05) is 25.8 Å². The van der Waals surface area contributed by atoms with E-state index in [0.717, 1.165) is 38.8 Å². The zero-order valence-corrected chi connectivity index (χ0v) is 17.9. The first-order valence-corrected chi connectivity index (χ1v) is 10.8. The molecule has 0 spiro atoms. The van der Waals surface area contributed by atoms with Crippen molar-refractivity contribution in [2.45, 2.75) is 39.0 Å². The molecule has 1 aliphatic heterocycles. The number of likely N-dealkylation sites (tertiary alicyclic amines) is 1. The lowest BCUT2D eigenvalue weighted by atomic mass is 10.1. The van der Waals surface area contributed by atoms with Gasteiger partial charge in [-0.25, -0.2) is 4.79 Å². The summed E-state index contributed by atoms with van der Waals surface area (Å²) in [6.07, 6.45) is 4.82. The van der Waals surface area contributed by atoms with Crippen LogP contribution in [0.1, 0.15) is 49.4 Å². The molecule has 7 heteroatoms. The lowest BCUT2D eigenvalue weighted by Gasteiger charge is -2.21. The highest BCUT2D eigenvalue weighted by atomic mass is 16.5. The van der Waals surface area contributed by atoms with E-state index in [2.05, 4.69) is 10.6 Å². The predicted octanol–water partition coefficient (Wildman–Crippen LogP) is 4.70. The number of carbonyl (C=O) groups is 3. The summed E-state index contributed by atoms with van der Waals surface area (Å²) in [5.74, 6) is 0.262. The van der Waals surface area contributed by atoms with Gasteiger partial charge in [-0.3, -0.25) is 9.59 Å². The maximum atomic E-state index is 12.5. The predicted molar refractivity (Wildman–Crippen MR) is 121 cm³/mol. The van der Waals surface area contributed by atoms with Crippen LogP contribution in [-0.2, 0) is 4.79 Å². The molecule has 1 aliphatic rings. The number of urea groups is 1. The quantitative estimate of drug-likeness (QED) is 0.632. The molecule has 2 aromatic rings. The van der Waals surface area contributed by atoms with Gasteiger partial charge in [0.25, 0.3) is 5.91 Å². The Labute approximate surface area is 182 Å². The maximum Gasteiger partial charge on any atom is 0.321 e. The SMILES string of the molecule is CCC(=O)c1ccc(OCC(=O)Nc2cccc(NC(=O)N3CCCCCC3)c2)cc1. The first-order chi connectivity index (χ1) is 15.0. The van der Waals surface area contributed by atoms with Crippen LogP contribution >= 0.6 is 0 Å². The first kappa shape index (κ1) is 22.3. The second-order valence-corrected chi connectivity index (χ2v) is 7.55. The monoisotopic (exact) mass is 423 g/mol. The topological polar surface area (TPSA) is 87.7 Å². The van der Waals surface area contributed by atoms with Crippen LogP contribution in [0.25, 0.3) is 0 Å². The van der Waals surface area contributed by atoms with E-state index in [-0.39, 0.29) is 24.3 Å². The summed E-state index contributed by atoms with van der Waals surface area (Å²) in [6, 6.07) is 13.7. The normalized spacial score (nSPS) is 13.8. The Bertz CT molecular complexity index is 903. The van der Waals surface area contributed by atoms with Crippen molar-refractivity contribution >= 4 is 29.1 Å². The molecule has 0 aromatic heterocycles. The molecule has 0 unspecified atom stereocenters. The minimum Gasteiger partial charge on any atom is -0.484 e. The van der Waals surface area contributed by atoms with E-state index < -0.39 is 0 Å². The zero-order chi connectivity index (χ0) is 22.1. The van der Waals surface area contributed by atoms with Crippen molar-refractivity contribution in [1.82, 2.24) is 4.90 Å². The standard InChI is InChI=1S/C24H29N3O4/c1-2-22(28)18-10-12-21(13-11-18)31-17-23(29)25-19-8-7-9-20(16-19)26-24(30)27-14-5-3-4-6-15-27/h7-13,16H,2-6,14-15,17H2,1H3,(H,25,29)(H,26,30). The molecule has 3 rings (SSSR count). The molecule has 2 aromatic carbocycles. The number of nitrogens with one attached hydrogen (secondary N) is 2. The van der Waals surface area contributed by atoms with E-state index in [1.807, 2.05) is 11.8 Å². The Kier molecular flexibility index (Phi) is 8.04.